The molecule has 1 saturated carbocycles. The zero-order valence-corrected chi connectivity index (χ0v) is 18.5. The monoisotopic (exact) mass is 446 g/mol. The van der Waals surface area contributed by atoms with Gasteiger partial charge in [0.1, 0.15) is 0 Å². The van der Waals surface area contributed by atoms with E-state index in [0.717, 1.165) is 57.4 Å². The van der Waals surface area contributed by atoms with E-state index in [1.54, 1.807) is 4.90 Å². The number of halogens is 2. The van der Waals surface area contributed by atoms with Crippen molar-refractivity contribution < 1.29 is 23.1 Å². The van der Waals surface area contributed by atoms with Crippen molar-refractivity contribution in [3.8, 4) is 0 Å². The molecule has 0 radical (unpaired) electrons. The van der Waals surface area contributed by atoms with E-state index in [0.29, 0.717) is 19.6 Å². The van der Waals surface area contributed by atoms with Crippen LogP contribution >= 0.6 is 0 Å². The highest BCUT2D eigenvalue weighted by atomic mass is 19.2. The first-order valence-electron chi connectivity index (χ1n) is 11.8. The zero-order chi connectivity index (χ0) is 22.6. The van der Waals surface area contributed by atoms with Crippen molar-refractivity contribution in [2.75, 3.05) is 19.6 Å². The number of carbonyl (C=O) groups is 2. The van der Waals surface area contributed by atoms with Gasteiger partial charge in [-0.1, -0.05) is 31.4 Å². The van der Waals surface area contributed by atoms with E-state index < -0.39 is 11.6 Å². The Morgan fingerprint density at radius 2 is 1.84 bits per heavy atom. The molecule has 1 spiro atoms. The Kier molecular flexibility index (Phi) is 7.23. The molecule has 2 amide bonds. The minimum Gasteiger partial charge on any atom is -0.370 e. The lowest BCUT2D eigenvalue weighted by Crippen LogP contribution is -2.47. The lowest BCUT2D eigenvalue weighted by Gasteiger charge is -2.39. The number of rotatable bonds is 5. The van der Waals surface area contributed by atoms with Crippen molar-refractivity contribution in [3.63, 3.8) is 0 Å². The molecule has 4 rings (SSSR count). The molecule has 2 aliphatic heterocycles. The summed E-state index contributed by atoms with van der Waals surface area (Å²) in [5, 5.41) is 3.09. The maximum atomic E-state index is 13.8. The summed E-state index contributed by atoms with van der Waals surface area (Å²) in [6.07, 6.45) is 11.5. The van der Waals surface area contributed by atoms with Crippen LogP contribution in [-0.4, -0.2) is 48.1 Å². The number of likely N-dealkylation sites (tertiary alicyclic amines) is 1. The summed E-state index contributed by atoms with van der Waals surface area (Å²) in [6, 6.07) is 3.90. The van der Waals surface area contributed by atoms with Crippen LogP contribution in [0.3, 0.4) is 0 Å². The number of piperidine rings is 1. The van der Waals surface area contributed by atoms with Crippen LogP contribution in [0.25, 0.3) is 6.08 Å². The molecular formula is C25H32F2N2O3. The summed E-state index contributed by atoms with van der Waals surface area (Å²) < 4.78 is 33.4. The minimum absolute atomic E-state index is 0.0284. The van der Waals surface area contributed by atoms with Crippen LogP contribution in [-0.2, 0) is 14.3 Å². The standard InChI is InChI=1S/C25H32F2N2O3/c26-21-8-4-7-18(23(21)27)9-10-22(30)29-15-13-25(14-16-29)12-11-20(32-25)17-28-24(31)19-5-2-1-3-6-19/h4,7-10,19-20H,1-3,5-6,11-17H2,(H,28,31)/b10-9+. The van der Waals surface area contributed by atoms with Gasteiger partial charge in [-0.3, -0.25) is 9.59 Å². The molecule has 3 fully saturated rings. The lowest BCUT2D eigenvalue weighted by atomic mass is 9.88. The van der Waals surface area contributed by atoms with E-state index in [-0.39, 0.29) is 35.0 Å². The lowest BCUT2D eigenvalue weighted by molar-refractivity contribution is -0.134. The Morgan fingerprint density at radius 3 is 2.59 bits per heavy atom. The minimum atomic E-state index is -0.949. The van der Waals surface area contributed by atoms with Gasteiger partial charge in [-0.25, -0.2) is 8.78 Å². The van der Waals surface area contributed by atoms with E-state index in [9.17, 15) is 18.4 Å². The summed E-state index contributed by atoms with van der Waals surface area (Å²) in [7, 11) is 0. The average Bonchev–Trinajstić information content (AvgIpc) is 3.21. The number of ether oxygens (including phenoxy) is 1. The molecular weight excluding hydrogens is 414 g/mol. The zero-order valence-electron chi connectivity index (χ0n) is 18.5. The van der Waals surface area contributed by atoms with Gasteiger partial charge in [-0.05, 0) is 50.7 Å². The molecule has 1 unspecified atom stereocenters. The van der Waals surface area contributed by atoms with Crippen LogP contribution in [0.5, 0.6) is 0 Å². The summed E-state index contributed by atoms with van der Waals surface area (Å²) >= 11 is 0. The fraction of sp³-hybridized carbons (Fsp3) is 0.600. The van der Waals surface area contributed by atoms with E-state index in [4.69, 9.17) is 4.74 Å². The van der Waals surface area contributed by atoms with Crippen molar-refractivity contribution in [2.45, 2.75) is 69.5 Å². The normalized spacial score (nSPS) is 23.7. The second kappa shape index (κ2) is 10.1. The molecule has 1 aromatic rings. The fourth-order valence-corrected chi connectivity index (χ4v) is 5.18. The summed E-state index contributed by atoms with van der Waals surface area (Å²) in [5.41, 5.74) is -0.167. The molecule has 3 aliphatic rings. The van der Waals surface area contributed by atoms with Crippen molar-refractivity contribution in [1.82, 2.24) is 10.2 Å². The number of nitrogens with zero attached hydrogens (tertiary/aromatic N) is 1. The SMILES string of the molecule is O=C(NCC1CCC2(CCN(C(=O)/C=C/c3cccc(F)c3F)CC2)O1)C1CCCCC1. The fourth-order valence-electron chi connectivity index (χ4n) is 5.18. The molecule has 1 aromatic carbocycles. The third-order valence-electron chi connectivity index (χ3n) is 7.19. The number of carbonyl (C=O) groups excluding carboxylic acids is 2. The summed E-state index contributed by atoms with van der Waals surface area (Å²) in [5.74, 6) is -1.77. The van der Waals surface area contributed by atoms with Crippen molar-refractivity contribution >= 4 is 17.9 Å². The van der Waals surface area contributed by atoms with Crippen LogP contribution in [0.1, 0.15) is 63.4 Å². The predicted molar refractivity (Wildman–Crippen MR) is 118 cm³/mol. The second-order valence-corrected chi connectivity index (χ2v) is 9.34. The molecule has 7 heteroatoms. The third-order valence-corrected chi connectivity index (χ3v) is 7.19. The molecule has 1 N–H and O–H groups in total. The van der Waals surface area contributed by atoms with Gasteiger partial charge in [-0.2, -0.15) is 0 Å². The number of amides is 2. The quantitative estimate of drug-likeness (QED) is 0.690. The van der Waals surface area contributed by atoms with Gasteiger partial charge < -0.3 is 15.0 Å². The Labute approximate surface area is 188 Å². The summed E-state index contributed by atoms with van der Waals surface area (Å²) in [4.78, 5) is 26.6. The smallest absolute Gasteiger partial charge is 0.246 e. The molecule has 5 nitrogen and oxygen atoms in total. The van der Waals surface area contributed by atoms with E-state index in [1.807, 2.05) is 0 Å². The third kappa shape index (κ3) is 5.37. The van der Waals surface area contributed by atoms with Crippen LogP contribution in [0.15, 0.2) is 24.3 Å². The van der Waals surface area contributed by atoms with Gasteiger partial charge in [0.2, 0.25) is 11.8 Å². The van der Waals surface area contributed by atoms with Gasteiger partial charge in [-0.15, -0.1) is 0 Å². The largest absolute Gasteiger partial charge is 0.370 e. The molecule has 1 aliphatic carbocycles. The maximum absolute atomic E-state index is 13.8. The average molecular weight is 447 g/mol. The first-order chi connectivity index (χ1) is 15.5. The predicted octanol–water partition coefficient (Wildman–Crippen LogP) is 4.21. The maximum Gasteiger partial charge on any atom is 0.246 e. The second-order valence-electron chi connectivity index (χ2n) is 9.34. The van der Waals surface area contributed by atoms with Crippen LogP contribution < -0.4 is 5.32 Å². The van der Waals surface area contributed by atoms with Gasteiger partial charge >= 0.3 is 0 Å². The van der Waals surface area contributed by atoms with Crippen LogP contribution in [0.4, 0.5) is 8.78 Å². The number of nitrogens with one attached hydrogen (secondary N) is 1. The molecule has 0 aromatic heterocycles. The first kappa shape index (κ1) is 22.9. The Bertz CT molecular complexity index is 859. The Morgan fingerprint density at radius 1 is 1.09 bits per heavy atom. The highest BCUT2D eigenvalue weighted by Crippen LogP contribution is 2.39. The number of hydrogen-bond donors (Lipinski definition) is 1. The molecule has 2 heterocycles. The van der Waals surface area contributed by atoms with Gasteiger partial charge in [0.05, 0.1) is 11.7 Å². The number of hydrogen-bond acceptors (Lipinski definition) is 3. The van der Waals surface area contributed by atoms with Gasteiger partial charge in [0, 0.05) is 37.2 Å². The molecule has 1 atom stereocenters. The van der Waals surface area contributed by atoms with Crippen LogP contribution in [0, 0.1) is 17.6 Å². The highest BCUT2D eigenvalue weighted by Gasteiger charge is 2.43. The molecule has 174 valence electrons. The molecule has 0 bridgehead atoms. The van der Waals surface area contributed by atoms with E-state index >= 15 is 0 Å². The van der Waals surface area contributed by atoms with Crippen molar-refractivity contribution in [2.24, 2.45) is 5.92 Å². The summed E-state index contributed by atoms with van der Waals surface area (Å²) in [6.45, 7) is 1.69. The Hall–Kier alpha value is -2.28. The van der Waals surface area contributed by atoms with E-state index in [2.05, 4.69) is 5.32 Å². The number of benzene rings is 1. The van der Waals surface area contributed by atoms with E-state index in [1.165, 1.54) is 30.7 Å². The van der Waals surface area contributed by atoms with Gasteiger partial charge in [0.15, 0.2) is 11.6 Å². The van der Waals surface area contributed by atoms with Crippen molar-refractivity contribution in [3.05, 3.63) is 41.5 Å². The van der Waals surface area contributed by atoms with Crippen LogP contribution in [0.2, 0.25) is 0 Å². The first-order valence-corrected chi connectivity index (χ1v) is 11.8. The van der Waals surface area contributed by atoms with Gasteiger partial charge in [0.25, 0.3) is 0 Å². The Balaban J connectivity index is 1.22. The molecule has 2 saturated heterocycles. The topological polar surface area (TPSA) is 58.6 Å². The van der Waals surface area contributed by atoms with Crippen molar-refractivity contribution in [1.29, 1.82) is 0 Å². The highest BCUT2D eigenvalue weighted by molar-refractivity contribution is 5.91. The molecule has 32 heavy (non-hydrogen) atoms.